The van der Waals surface area contributed by atoms with Crippen molar-refractivity contribution in [3.63, 3.8) is 0 Å². The van der Waals surface area contributed by atoms with Gasteiger partial charge < -0.3 is 9.88 Å². The highest BCUT2D eigenvalue weighted by atomic mass is 16.6. The van der Waals surface area contributed by atoms with Gasteiger partial charge in [0.25, 0.3) is 11.6 Å². The molecule has 30 heavy (non-hydrogen) atoms. The van der Waals surface area contributed by atoms with E-state index in [4.69, 9.17) is 0 Å². The Kier molecular flexibility index (Phi) is 4.09. The normalized spacial score (nSPS) is 18.7. The van der Waals surface area contributed by atoms with Crippen molar-refractivity contribution in [1.29, 1.82) is 0 Å². The van der Waals surface area contributed by atoms with Gasteiger partial charge in [0.1, 0.15) is 12.6 Å². The molecule has 2 aliphatic rings. The lowest BCUT2D eigenvalue weighted by atomic mass is 9.94. The van der Waals surface area contributed by atoms with Crippen LogP contribution in [-0.4, -0.2) is 50.4 Å². The summed E-state index contributed by atoms with van der Waals surface area (Å²) in [4.78, 5) is 41.0. The van der Waals surface area contributed by atoms with Gasteiger partial charge in [-0.15, -0.1) is 0 Å². The van der Waals surface area contributed by atoms with Crippen molar-refractivity contribution in [1.82, 2.24) is 14.9 Å². The molecule has 1 unspecified atom stereocenters. The molecule has 0 bridgehead atoms. The number of nitrogens with one attached hydrogen (secondary N) is 1. The zero-order chi connectivity index (χ0) is 20.8. The number of para-hydroxylation sites is 1. The van der Waals surface area contributed by atoms with Crippen LogP contribution in [0.25, 0.3) is 10.9 Å². The number of carbonyl (C=O) groups excluding carboxylic acids is 2. The average Bonchev–Trinajstić information content (AvgIpc) is 3.12. The number of rotatable bonds is 3. The maximum Gasteiger partial charge on any atom is 0.269 e. The smallest absolute Gasteiger partial charge is 0.269 e. The number of nitro benzene ring substituents is 1. The number of hydrazone groups is 1. The number of nitro groups is 1. The average molecular weight is 403 g/mol. The lowest BCUT2D eigenvalue weighted by Crippen LogP contribution is -2.60. The fraction of sp³-hybridized carbons (Fsp3) is 0.190. The molecule has 1 aromatic heterocycles. The predicted molar refractivity (Wildman–Crippen MR) is 109 cm³/mol. The predicted octanol–water partition coefficient (Wildman–Crippen LogP) is 2.21. The minimum absolute atomic E-state index is 0.0243. The van der Waals surface area contributed by atoms with Crippen LogP contribution in [0, 0.1) is 10.1 Å². The topological polar surface area (TPSA) is 112 Å². The summed E-state index contributed by atoms with van der Waals surface area (Å²) in [6.45, 7) is 0.244. The summed E-state index contributed by atoms with van der Waals surface area (Å²) in [5.41, 5.74) is 3.61. The maximum absolute atomic E-state index is 13.1. The summed E-state index contributed by atoms with van der Waals surface area (Å²) in [6, 6.07) is 13.1. The number of non-ortho nitro benzene ring substituents is 1. The number of aromatic amines is 1. The lowest BCUT2D eigenvalue weighted by molar-refractivity contribution is -0.384. The van der Waals surface area contributed by atoms with Crippen molar-refractivity contribution >= 4 is 34.6 Å². The van der Waals surface area contributed by atoms with Crippen molar-refractivity contribution in [2.24, 2.45) is 5.10 Å². The molecule has 0 saturated carbocycles. The molecule has 3 aromatic rings. The number of H-pyrrole nitrogens is 1. The Morgan fingerprint density at radius 3 is 2.63 bits per heavy atom. The number of carbonyl (C=O) groups is 2. The van der Waals surface area contributed by atoms with Crippen LogP contribution in [0.5, 0.6) is 0 Å². The Bertz CT molecular complexity index is 1210. The molecule has 3 heterocycles. The van der Waals surface area contributed by atoms with Gasteiger partial charge in [-0.05, 0) is 29.3 Å². The van der Waals surface area contributed by atoms with E-state index in [0.29, 0.717) is 18.5 Å². The van der Waals surface area contributed by atoms with E-state index in [2.05, 4.69) is 10.1 Å². The van der Waals surface area contributed by atoms with Crippen LogP contribution in [0.2, 0.25) is 0 Å². The van der Waals surface area contributed by atoms with Crippen molar-refractivity contribution in [3.05, 3.63) is 75.5 Å². The van der Waals surface area contributed by atoms with Crippen LogP contribution in [0.15, 0.2) is 53.6 Å². The van der Waals surface area contributed by atoms with Gasteiger partial charge in [-0.2, -0.15) is 5.10 Å². The highest BCUT2D eigenvalue weighted by Gasteiger charge is 2.43. The second-order valence-electron chi connectivity index (χ2n) is 7.36. The van der Waals surface area contributed by atoms with E-state index < -0.39 is 11.0 Å². The monoisotopic (exact) mass is 403 g/mol. The van der Waals surface area contributed by atoms with Crippen LogP contribution in [0.1, 0.15) is 16.8 Å². The van der Waals surface area contributed by atoms with Gasteiger partial charge in [0.2, 0.25) is 5.91 Å². The molecular weight excluding hydrogens is 386 g/mol. The molecule has 150 valence electrons. The summed E-state index contributed by atoms with van der Waals surface area (Å²) in [7, 11) is 0. The lowest BCUT2D eigenvalue weighted by Gasteiger charge is -2.40. The summed E-state index contributed by atoms with van der Waals surface area (Å²) in [6.07, 6.45) is 1.87. The van der Waals surface area contributed by atoms with E-state index in [0.717, 1.165) is 22.2 Å². The molecule has 2 aromatic carbocycles. The number of fused-ring (bicyclic) bond motifs is 4. The zero-order valence-corrected chi connectivity index (χ0v) is 15.8. The first-order chi connectivity index (χ1) is 14.5. The van der Waals surface area contributed by atoms with E-state index in [9.17, 15) is 19.7 Å². The van der Waals surface area contributed by atoms with Gasteiger partial charge in [0.05, 0.1) is 17.7 Å². The number of benzene rings is 2. The Hall–Kier alpha value is -4.01. The molecule has 2 aliphatic heterocycles. The molecular formula is C21H17N5O4. The standard InChI is InChI=1S/C21H17N5O4/c27-20-12-25(22-10-13-5-7-14(8-6-13)26(29)30)21(28)19-9-16-15-3-1-2-4-17(15)23-18(16)11-24(19)20/h1-8,10,19,23H,9,11-12H2. The minimum atomic E-state index is -0.591. The molecule has 2 amide bonds. The van der Waals surface area contributed by atoms with Gasteiger partial charge in [0.15, 0.2) is 0 Å². The number of piperazine rings is 1. The summed E-state index contributed by atoms with van der Waals surface area (Å²) in [5, 5.41) is 17.2. The highest BCUT2D eigenvalue weighted by Crippen LogP contribution is 2.32. The third kappa shape index (κ3) is 2.91. The number of nitrogens with zero attached hydrogens (tertiary/aromatic N) is 4. The first kappa shape index (κ1) is 18.0. The van der Waals surface area contributed by atoms with E-state index in [1.165, 1.54) is 23.4 Å². The van der Waals surface area contributed by atoms with Crippen molar-refractivity contribution in [2.75, 3.05) is 6.54 Å². The fourth-order valence-electron chi connectivity index (χ4n) is 4.08. The maximum atomic E-state index is 13.1. The van der Waals surface area contributed by atoms with Crippen LogP contribution in [0.3, 0.4) is 0 Å². The fourth-order valence-corrected chi connectivity index (χ4v) is 4.08. The van der Waals surface area contributed by atoms with E-state index in [1.807, 2.05) is 24.3 Å². The summed E-state index contributed by atoms with van der Waals surface area (Å²) in [5.74, 6) is -0.395. The third-order valence-corrected chi connectivity index (χ3v) is 5.60. The molecule has 0 spiro atoms. The highest BCUT2D eigenvalue weighted by molar-refractivity contribution is 5.97. The van der Waals surface area contributed by atoms with E-state index in [-0.39, 0.29) is 24.0 Å². The van der Waals surface area contributed by atoms with Crippen LogP contribution >= 0.6 is 0 Å². The Labute approximate surface area is 170 Å². The second kappa shape index (κ2) is 6.80. The molecule has 1 fully saturated rings. The second-order valence-corrected chi connectivity index (χ2v) is 7.36. The van der Waals surface area contributed by atoms with Gasteiger partial charge in [0, 0.05) is 35.2 Å². The molecule has 1 atom stereocenters. The van der Waals surface area contributed by atoms with Gasteiger partial charge in [-0.25, -0.2) is 5.01 Å². The number of aromatic nitrogens is 1. The van der Waals surface area contributed by atoms with Crippen LogP contribution in [0.4, 0.5) is 5.69 Å². The van der Waals surface area contributed by atoms with Crippen molar-refractivity contribution in [3.8, 4) is 0 Å². The largest absolute Gasteiger partial charge is 0.357 e. The summed E-state index contributed by atoms with van der Waals surface area (Å²) < 4.78 is 0. The Morgan fingerprint density at radius 2 is 1.87 bits per heavy atom. The molecule has 1 N–H and O–H groups in total. The molecule has 9 heteroatoms. The molecule has 5 rings (SSSR count). The summed E-state index contributed by atoms with van der Waals surface area (Å²) >= 11 is 0. The van der Waals surface area contributed by atoms with Gasteiger partial charge in [-0.3, -0.25) is 19.7 Å². The van der Waals surface area contributed by atoms with Crippen molar-refractivity contribution < 1.29 is 14.5 Å². The first-order valence-corrected chi connectivity index (χ1v) is 9.49. The molecule has 0 radical (unpaired) electrons. The number of amides is 2. The van der Waals surface area contributed by atoms with Crippen LogP contribution in [-0.2, 0) is 22.6 Å². The molecule has 1 saturated heterocycles. The molecule has 9 nitrogen and oxygen atoms in total. The Morgan fingerprint density at radius 1 is 1.10 bits per heavy atom. The first-order valence-electron chi connectivity index (χ1n) is 9.49. The number of hydrogen-bond donors (Lipinski definition) is 1. The van der Waals surface area contributed by atoms with E-state index in [1.54, 1.807) is 17.0 Å². The SMILES string of the molecule is O=C1C2Cc3c([nH]c4ccccc34)CN2C(=O)CN1N=Cc1ccc([N+](=O)[O-])cc1. The Balaban J connectivity index is 1.40. The van der Waals surface area contributed by atoms with Gasteiger partial charge >= 0.3 is 0 Å². The van der Waals surface area contributed by atoms with Crippen LogP contribution < -0.4 is 0 Å². The van der Waals surface area contributed by atoms with Crippen molar-refractivity contribution in [2.45, 2.75) is 19.0 Å². The number of hydrogen-bond acceptors (Lipinski definition) is 5. The zero-order valence-electron chi connectivity index (χ0n) is 15.8. The van der Waals surface area contributed by atoms with E-state index >= 15 is 0 Å². The minimum Gasteiger partial charge on any atom is -0.357 e. The van der Waals surface area contributed by atoms with Gasteiger partial charge in [-0.1, -0.05) is 18.2 Å². The third-order valence-electron chi connectivity index (χ3n) is 5.60. The molecule has 0 aliphatic carbocycles. The quantitative estimate of drug-likeness (QED) is 0.410.